The molecule has 2 rings (SSSR count). The molecule has 0 aromatic carbocycles. The molecule has 2 bridgehead atoms. The molecule has 0 atom stereocenters. The average molecular weight is 158 g/mol. The van der Waals surface area contributed by atoms with Gasteiger partial charge in [0.15, 0.2) is 0 Å². The maximum Gasteiger partial charge on any atom is 0.213 e. The van der Waals surface area contributed by atoms with Crippen molar-refractivity contribution in [3.63, 3.8) is 0 Å². The smallest absolute Gasteiger partial charge is 0.185 e. The normalized spacial score (nSPS) is 37.0. The lowest BCUT2D eigenvalue weighted by molar-refractivity contribution is 0.480. The van der Waals surface area contributed by atoms with Crippen LogP contribution in [0.15, 0.2) is 0 Å². The first-order chi connectivity index (χ1) is 4.79. The number of rotatable bonds is 0. The summed E-state index contributed by atoms with van der Waals surface area (Å²) in [5, 5.41) is 0. The molecule has 0 heterocycles. The molecule has 2 aliphatic carbocycles. The van der Waals surface area contributed by atoms with E-state index >= 15 is 0 Å². The third kappa shape index (κ3) is 0.732. The van der Waals surface area contributed by atoms with Crippen molar-refractivity contribution in [2.45, 2.75) is 25.7 Å². The summed E-state index contributed by atoms with van der Waals surface area (Å²) in [7, 11) is -1.87. The van der Waals surface area contributed by atoms with Crippen LogP contribution in [0.1, 0.15) is 25.7 Å². The molecule has 0 spiro atoms. The summed E-state index contributed by atoms with van der Waals surface area (Å²) in [6, 6.07) is 0. The minimum atomic E-state index is -1.87. The van der Waals surface area contributed by atoms with E-state index in [2.05, 4.69) is 0 Å². The summed E-state index contributed by atoms with van der Waals surface area (Å²) in [5.74, 6) is 0.867. The predicted molar refractivity (Wildman–Crippen MR) is 39.4 cm³/mol. The van der Waals surface area contributed by atoms with Gasteiger partial charge >= 0.3 is 0 Å². The van der Waals surface area contributed by atoms with Crippen molar-refractivity contribution in [2.75, 3.05) is 0 Å². The van der Waals surface area contributed by atoms with Gasteiger partial charge in [0, 0.05) is 0 Å². The van der Waals surface area contributed by atoms with Gasteiger partial charge in [-0.3, -0.25) is 0 Å². The molecule has 0 aromatic heterocycles. The Bertz CT molecular complexity index is 246. The van der Waals surface area contributed by atoms with E-state index in [1.165, 1.54) is 0 Å². The van der Waals surface area contributed by atoms with E-state index in [0.29, 0.717) is 11.8 Å². The zero-order chi connectivity index (χ0) is 7.14. The van der Waals surface area contributed by atoms with Crippen molar-refractivity contribution in [2.24, 2.45) is 11.8 Å². The predicted octanol–water partition coefficient (Wildman–Crippen LogP) is 0.858. The Morgan fingerprint density at radius 1 is 1.00 bits per heavy atom. The van der Waals surface area contributed by atoms with Crippen LogP contribution in [0.25, 0.3) is 0 Å². The molecule has 0 saturated heterocycles. The summed E-state index contributed by atoms with van der Waals surface area (Å²) in [5.41, 5.74) is 0. The zero-order valence-corrected chi connectivity index (χ0v) is 6.52. The lowest BCUT2D eigenvalue weighted by Gasteiger charge is -2.03. The molecule has 0 N–H and O–H groups in total. The van der Waals surface area contributed by atoms with Crippen molar-refractivity contribution in [1.82, 2.24) is 0 Å². The van der Waals surface area contributed by atoms with Crippen LogP contribution in [0.3, 0.4) is 0 Å². The molecule has 2 aliphatic rings. The standard InChI is InChI=1S/C7H10O2S/c8-10(9)7-5-1-2-6(7)4-3-5/h5-6H,1-4H2. The van der Waals surface area contributed by atoms with Gasteiger partial charge in [0.1, 0.15) is 0 Å². The first kappa shape index (κ1) is 6.40. The summed E-state index contributed by atoms with van der Waals surface area (Å²) in [6.07, 6.45) is 4.48. The topological polar surface area (TPSA) is 34.1 Å². The van der Waals surface area contributed by atoms with Gasteiger partial charge in [-0.25, -0.2) is 0 Å². The Morgan fingerprint density at radius 2 is 1.40 bits per heavy atom. The Kier molecular flexibility index (Phi) is 1.34. The van der Waals surface area contributed by atoms with Crippen LogP contribution in [0.2, 0.25) is 0 Å². The van der Waals surface area contributed by atoms with Crippen LogP contribution in [-0.2, 0) is 10.3 Å². The van der Waals surface area contributed by atoms with Gasteiger partial charge in [0.05, 0.1) is 4.86 Å². The van der Waals surface area contributed by atoms with Crippen LogP contribution in [0.5, 0.6) is 0 Å². The van der Waals surface area contributed by atoms with E-state index in [1.54, 1.807) is 0 Å². The molecule has 0 radical (unpaired) electrons. The van der Waals surface area contributed by atoms with Gasteiger partial charge in [0.25, 0.3) is 0 Å². The molecule has 2 fully saturated rings. The minimum absolute atomic E-state index is 0.434. The van der Waals surface area contributed by atoms with E-state index in [1.807, 2.05) is 0 Å². The van der Waals surface area contributed by atoms with Gasteiger partial charge in [-0.2, -0.15) is 8.42 Å². The lowest BCUT2D eigenvalue weighted by atomic mass is 10.0. The molecular formula is C7H10O2S. The second kappa shape index (κ2) is 2.09. The van der Waals surface area contributed by atoms with Gasteiger partial charge in [0.2, 0.25) is 10.3 Å². The monoisotopic (exact) mass is 158 g/mol. The number of fused-ring (bicyclic) bond motifs is 2. The van der Waals surface area contributed by atoms with Crippen LogP contribution < -0.4 is 0 Å². The highest BCUT2D eigenvalue weighted by Crippen LogP contribution is 2.41. The van der Waals surface area contributed by atoms with Crippen LogP contribution in [-0.4, -0.2) is 13.3 Å². The van der Waals surface area contributed by atoms with Gasteiger partial charge in [-0.05, 0) is 37.5 Å². The third-order valence-electron chi connectivity index (χ3n) is 2.72. The number of hydrogen-bond donors (Lipinski definition) is 0. The Morgan fingerprint density at radius 3 is 1.60 bits per heavy atom. The van der Waals surface area contributed by atoms with Crippen molar-refractivity contribution >= 4 is 15.2 Å². The third-order valence-corrected chi connectivity index (χ3v) is 3.78. The van der Waals surface area contributed by atoms with Crippen LogP contribution >= 0.6 is 0 Å². The SMILES string of the molecule is O=S(=O)=C1C2CCC1CC2. The summed E-state index contributed by atoms with van der Waals surface area (Å²) in [6.45, 7) is 0. The molecule has 2 saturated carbocycles. The van der Waals surface area contributed by atoms with Crippen molar-refractivity contribution in [3.8, 4) is 0 Å². The lowest BCUT2D eigenvalue weighted by Crippen LogP contribution is -2.04. The summed E-state index contributed by atoms with van der Waals surface area (Å²) in [4.78, 5) is 0.833. The molecular weight excluding hydrogens is 148 g/mol. The Hall–Kier alpha value is -0.310. The molecule has 0 amide bonds. The minimum Gasteiger partial charge on any atom is -0.185 e. The maximum atomic E-state index is 10.6. The van der Waals surface area contributed by atoms with Crippen LogP contribution in [0.4, 0.5) is 0 Å². The fraction of sp³-hybridized carbons (Fsp3) is 0.857. The second-order valence-corrected chi connectivity index (χ2v) is 4.13. The van der Waals surface area contributed by atoms with E-state index < -0.39 is 10.3 Å². The highest BCUT2D eigenvalue weighted by molar-refractivity contribution is 7.73. The fourth-order valence-corrected chi connectivity index (χ4v) is 3.28. The van der Waals surface area contributed by atoms with Gasteiger partial charge in [-0.15, -0.1) is 0 Å². The van der Waals surface area contributed by atoms with E-state index in [9.17, 15) is 8.42 Å². The largest absolute Gasteiger partial charge is 0.213 e. The molecule has 3 heteroatoms. The van der Waals surface area contributed by atoms with Crippen molar-refractivity contribution < 1.29 is 8.42 Å². The van der Waals surface area contributed by atoms with Gasteiger partial charge in [-0.1, -0.05) is 0 Å². The molecule has 0 aliphatic heterocycles. The van der Waals surface area contributed by atoms with E-state index in [-0.39, 0.29) is 0 Å². The van der Waals surface area contributed by atoms with Crippen molar-refractivity contribution in [3.05, 3.63) is 0 Å². The zero-order valence-electron chi connectivity index (χ0n) is 5.71. The maximum absolute atomic E-state index is 10.6. The van der Waals surface area contributed by atoms with E-state index in [4.69, 9.17) is 0 Å². The first-order valence-electron chi connectivity index (χ1n) is 3.75. The quantitative estimate of drug-likeness (QED) is 0.490. The molecule has 10 heavy (non-hydrogen) atoms. The molecule has 0 unspecified atom stereocenters. The van der Waals surface area contributed by atoms with Gasteiger partial charge < -0.3 is 0 Å². The highest BCUT2D eigenvalue weighted by Gasteiger charge is 2.38. The second-order valence-electron chi connectivity index (χ2n) is 3.19. The Balaban J connectivity index is 2.51. The van der Waals surface area contributed by atoms with Crippen LogP contribution in [0, 0.1) is 11.8 Å². The van der Waals surface area contributed by atoms with E-state index in [0.717, 1.165) is 30.5 Å². The highest BCUT2D eigenvalue weighted by atomic mass is 32.2. The first-order valence-corrected chi connectivity index (χ1v) is 4.82. The average Bonchev–Trinajstić information content (AvgIpc) is 2.43. The van der Waals surface area contributed by atoms with Crippen molar-refractivity contribution in [1.29, 1.82) is 0 Å². The molecule has 56 valence electrons. The molecule has 2 nitrogen and oxygen atoms in total. The summed E-state index contributed by atoms with van der Waals surface area (Å²) < 4.78 is 21.3. The fourth-order valence-electron chi connectivity index (χ4n) is 2.27. The summed E-state index contributed by atoms with van der Waals surface area (Å²) >= 11 is 0. The molecule has 0 aromatic rings. The number of hydrogen-bond acceptors (Lipinski definition) is 2. The Labute approximate surface area is 61.8 Å².